The highest BCUT2D eigenvalue weighted by Crippen LogP contribution is 2.22. The number of hydrogen-bond donors (Lipinski definition) is 1. The predicted molar refractivity (Wildman–Crippen MR) is 110 cm³/mol. The lowest BCUT2D eigenvalue weighted by Crippen LogP contribution is -2.35. The molecule has 0 aromatic heterocycles. The highest BCUT2D eigenvalue weighted by molar-refractivity contribution is 8.00. The molecule has 0 aliphatic carbocycles. The summed E-state index contributed by atoms with van der Waals surface area (Å²) in [4.78, 5) is 27.8. The molecule has 1 unspecified atom stereocenters. The molecule has 0 spiro atoms. The maximum Gasteiger partial charge on any atom is 0.253 e. The molecule has 0 saturated carbocycles. The molecular formula is C22H26N2O2S. The van der Waals surface area contributed by atoms with Gasteiger partial charge < -0.3 is 10.2 Å². The second-order valence-electron chi connectivity index (χ2n) is 6.84. The summed E-state index contributed by atoms with van der Waals surface area (Å²) in [5, 5.41) is 2.82. The highest BCUT2D eigenvalue weighted by Gasteiger charge is 2.18. The quantitative estimate of drug-likeness (QED) is 0.765. The van der Waals surface area contributed by atoms with Crippen molar-refractivity contribution >= 4 is 23.6 Å². The smallest absolute Gasteiger partial charge is 0.253 e. The van der Waals surface area contributed by atoms with Crippen LogP contribution in [0.2, 0.25) is 0 Å². The molecule has 0 bridgehead atoms. The molecule has 1 aliphatic rings. The number of amides is 2. The molecule has 2 aromatic carbocycles. The third-order valence-electron chi connectivity index (χ3n) is 4.74. The number of carbonyl (C=O) groups is 2. The number of rotatable bonds is 6. The maximum absolute atomic E-state index is 12.5. The minimum Gasteiger partial charge on any atom is -0.351 e. The van der Waals surface area contributed by atoms with Crippen LogP contribution in [0.15, 0.2) is 59.5 Å². The number of piperidine rings is 1. The molecule has 5 heteroatoms. The summed E-state index contributed by atoms with van der Waals surface area (Å²) in [6, 6.07) is 17.5. The van der Waals surface area contributed by atoms with Gasteiger partial charge >= 0.3 is 0 Å². The molecule has 0 radical (unpaired) electrons. The van der Waals surface area contributed by atoms with Gasteiger partial charge in [0, 0.05) is 30.1 Å². The number of likely N-dealkylation sites (tertiary alicyclic amines) is 1. The first-order valence-electron chi connectivity index (χ1n) is 9.51. The number of nitrogens with zero attached hydrogens (tertiary/aromatic N) is 1. The van der Waals surface area contributed by atoms with Crippen LogP contribution >= 0.6 is 11.8 Å². The Morgan fingerprint density at radius 1 is 1.00 bits per heavy atom. The molecule has 2 aromatic rings. The zero-order chi connectivity index (χ0) is 19.1. The van der Waals surface area contributed by atoms with E-state index in [1.165, 1.54) is 6.42 Å². The van der Waals surface area contributed by atoms with Crippen molar-refractivity contribution in [1.29, 1.82) is 0 Å². The van der Waals surface area contributed by atoms with Crippen LogP contribution in [-0.4, -0.2) is 35.1 Å². The Kier molecular flexibility index (Phi) is 6.93. The first-order valence-corrected chi connectivity index (χ1v) is 10.4. The fraction of sp³-hybridized carbons (Fsp3) is 0.364. The molecule has 1 atom stereocenters. The topological polar surface area (TPSA) is 49.4 Å². The van der Waals surface area contributed by atoms with Gasteiger partial charge in [0.1, 0.15) is 0 Å². The van der Waals surface area contributed by atoms with Crippen LogP contribution in [0.4, 0.5) is 0 Å². The second kappa shape index (κ2) is 9.60. The number of nitrogens with one attached hydrogen (secondary N) is 1. The van der Waals surface area contributed by atoms with Crippen molar-refractivity contribution in [1.82, 2.24) is 10.2 Å². The number of carbonyl (C=O) groups excluding carboxylic acids is 2. The van der Waals surface area contributed by atoms with E-state index in [1.807, 2.05) is 66.4 Å². The highest BCUT2D eigenvalue weighted by atomic mass is 32.2. The molecule has 1 N–H and O–H groups in total. The normalized spacial score (nSPS) is 15.2. The van der Waals surface area contributed by atoms with E-state index in [2.05, 4.69) is 5.32 Å². The summed E-state index contributed by atoms with van der Waals surface area (Å²) in [5.41, 5.74) is 1.72. The molecule has 2 amide bonds. The van der Waals surface area contributed by atoms with E-state index in [9.17, 15) is 9.59 Å². The SMILES string of the molecule is CC(Sc1ccccc1)C(=O)NCc1ccc(C(=O)N2CCCCC2)cc1. The lowest BCUT2D eigenvalue weighted by Gasteiger charge is -2.26. The largest absolute Gasteiger partial charge is 0.351 e. The molecule has 27 heavy (non-hydrogen) atoms. The summed E-state index contributed by atoms with van der Waals surface area (Å²) >= 11 is 1.55. The average molecular weight is 383 g/mol. The third-order valence-corrected chi connectivity index (χ3v) is 5.85. The lowest BCUT2D eigenvalue weighted by atomic mass is 10.1. The van der Waals surface area contributed by atoms with Crippen LogP contribution in [0.25, 0.3) is 0 Å². The standard InChI is InChI=1S/C22H26N2O2S/c1-17(27-20-8-4-2-5-9-20)21(25)23-16-18-10-12-19(13-11-18)22(26)24-14-6-3-7-15-24/h2,4-5,8-13,17H,3,6-7,14-16H2,1H3,(H,23,25). The van der Waals surface area contributed by atoms with Crippen molar-refractivity contribution in [2.45, 2.75) is 42.9 Å². The Balaban J connectivity index is 1.49. The number of hydrogen-bond acceptors (Lipinski definition) is 3. The summed E-state index contributed by atoms with van der Waals surface area (Å²) in [5.74, 6) is 0.121. The fourth-order valence-corrected chi connectivity index (χ4v) is 4.05. The van der Waals surface area contributed by atoms with Gasteiger partial charge in [-0.3, -0.25) is 9.59 Å². The maximum atomic E-state index is 12.5. The van der Waals surface area contributed by atoms with Crippen molar-refractivity contribution < 1.29 is 9.59 Å². The second-order valence-corrected chi connectivity index (χ2v) is 8.25. The van der Waals surface area contributed by atoms with E-state index >= 15 is 0 Å². The van der Waals surface area contributed by atoms with E-state index in [4.69, 9.17) is 0 Å². The van der Waals surface area contributed by atoms with Crippen molar-refractivity contribution in [2.75, 3.05) is 13.1 Å². The Morgan fingerprint density at radius 3 is 2.33 bits per heavy atom. The van der Waals surface area contributed by atoms with Crippen molar-refractivity contribution in [2.24, 2.45) is 0 Å². The van der Waals surface area contributed by atoms with Crippen LogP contribution in [0.3, 0.4) is 0 Å². The van der Waals surface area contributed by atoms with Gasteiger partial charge in [-0.2, -0.15) is 0 Å². The minimum atomic E-state index is -0.160. The zero-order valence-electron chi connectivity index (χ0n) is 15.7. The van der Waals surface area contributed by atoms with Gasteiger partial charge in [0.25, 0.3) is 5.91 Å². The zero-order valence-corrected chi connectivity index (χ0v) is 16.5. The van der Waals surface area contributed by atoms with E-state index in [0.717, 1.165) is 42.0 Å². The van der Waals surface area contributed by atoms with Crippen LogP contribution < -0.4 is 5.32 Å². The number of thioether (sulfide) groups is 1. The molecule has 1 aliphatic heterocycles. The van der Waals surface area contributed by atoms with Crippen molar-refractivity contribution in [3.8, 4) is 0 Å². The van der Waals surface area contributed by atoms with Crippen LogP contribution in [0.1, 0.15) is 42.1 Å². The van der Waals surface area contributed by atoms with Gasteiger partial charge in [-0.25, -0.2) is 0 Å². The Hall–Kier alpha value is -2.27. The van der Waals surface area contributed by atoms with Crippen LogP contribution in [0.5, 0.6) is 0 Å². The lowest BCUT2D eigenvalue weighted by molar-refractivity contribution is -0.120. The predicted octanol–water partition coefficient (Wildman–Crippen LogP) is 4.11. The molecule has 1 fully saturated rings. The van der Waals surface area contributed by atoms with Gasteiger partial charge in [0.05, 0.1) is 5.25 Å². The Morgan fingerprint density at radius 2 is 1.67 bits per heavy atom. The molecule has 1 heterocycles. The summed E-state index contributed by atoms with van der Waals surface area (Å²) in [6.07, 6.45) is 3.40. The molecule has 142 valence electrons. The van der Waals surface area contributed by atoms with Gasteiger partial charge in [0.15, 0.2) is 0 Å². The monoisotopic (exact) mass is 382 g/mol. The summed E-state index contributed by atoms with van der Waals surface area (Å²) in [6.45, 7) is 4.09. The Bertz CT molecular complexity index is 756. The third kappa shape index (κ3) is 5.60. The molecule has 1 saturated heterocycles. The van der Waals surface area contributed by atoms with Crippen molar-refractivity contribution in [3.05, 3.63) is 65.7 Å². The van der Waals surface area contributed by atoms with Gasteiger partial charge in [-0.05, 0) is 56.0 Å². The van der Waals surface area contributed by atoms with Gasteiger partial charge in [-0.1, -0.05) is 30.3 Å². The van der Waals surface area contributed by atoms with E-state index in [0.29, 0.717) is 6.54 Å². The van der Waals surface area contributed by atoms with Crippen LogP contribution in [0, 0.1) is 0 Å². The van der Waals surface area contributed by atoms with E-state index in [-0.39, 0.29) is 17.1 Å². The van der Waals surface area contributed by atoms with E-state index in [1.54, 1.807) is 11.8 Å². The molecule has 4 nitrogen and oxygen atoms in total. The number of benzene rings is 2. The minimum absolute atomic E-state index is 0.0114. The first kappa shape index (κ1) is 19.5. The van der Waals surface area contributed by atoms with Gasteiger partial charge in [0.2, 0.25) is 5.91 Å². The summed E-state index contributed by atoms with van der Waals surface area (Å²) < 4.78 is 0. The summed E-state index contributed by atoms with van der Waals surface area (Å²) in [7, 11) is 0. The average Bonchev–Trinajstić information content (AvgIpc) is 2.73. The van der Waals surface area contributed by atoms with E-state index < -0.39 is 0 Å². The fourth-order valence-electron chi connectivity index (χ4n) is 3.13. The van der Waals surface area contributed by atoms with Crippen LogP contribution in [-0.2, 0) is 11.3 Å². The first-order chi connectivity index (χ1) is 13.1. The Labute approximate surface area is 165 Å². The molecular weight excluding hydrogens is 356 g/mol. The molecule has 3 rings (SSSR count). The van der Waals surface area contributed by atoms with Gasteiger partial charge in [-0.15, -0.1) is 11.8 Å². The van der Waals surface area contributed by atoms with Crippen molar-refractivity contribution in [3.63, 3.8) is 0 Å².